The van der Waals surface area contributed by atoms with Gasteiger partial charge in [-0.3, -0.25) is 9.44 Å². The Balaban J connectivity index is 1.70. The molecule has 2 aromatic rings. The monoisotopic (exact) mass is 323 g/mol. The zero-order valence-corrected chi connectivity index (χ0v) is 13.8. The summed E-state index contributed by atoms with van der Waals surface area (Å²) >= 11 is 0. The molecule has 1 aromatic carbocycles. The molecule has 0 saturated carbocycles. The fourth-order valence-electron chi connectivity index (χ4n) is 4.85. The van der Waals surface area contributed by atoms with Crippen LogP contribution in [0.15, 0.2) is 41.3 Å². The molecule has 3 fully saturated rings. The Kier molecular flexibility index (Phi) is 2.87. The molecule has 1 unspecified atom stereocenters. The fraction of sp³-hybridized carbons (Fsp3) is 0.421. The van der Waals surface area contributed by atoms with Crippen LogP contribution < -0.4 is 10.2 Å². The van der Waals surface area contributed by atoms with Crippen molar-refractivity contribution in [3.63, 3.8) is 0 Å². The van der Waals surface area contributed by atoms with Gasteiger partial charge in [0.2, 0.25) is 0 Å². The largest absolute Gasteiger partial charge is 0.622 e. The summed E-state index contributed by atoms with van der Waals surface area (Å²) in [6.45, 7) is 3.26. The van der Waals surface area contributed by atoms with Gasteiger partial charge in [-0.1, -0.05) is 12.1 Å². The molecule has 3 saturated heterocycles. The van der Waals surface area contributed by atoms with E-state index in [2.05, 4.69) is 4.90 Å². The highest BCUT2D eigenvalue weighted by Gasteiger charge is 2.40. The molecule has 1 aromatic heterocycles. The highest BCUT2D eigenvalue weighted by atomic mass is 16.5. The van der Waals surface area contributed by atoms with Gasteiger partial charge >= 0.3 is 0 Å². The Hall–Kier alpha value is -1.95. The molecule has 6 rings (SSSR count). The molecule has 0 spiro atoms. The number of hydrogen-bond acceptors (Lipinski definition) is 3. The predicted octanol–water partition coefficient (Wildman–Crippen LogP) is 2.86. The fourth-order valence-corrected chi connectivity index (χ4v) is 4.85. The predicted molar refractivity (Wildman–Crippen MR) is 95.1 cm³/mol. The lowest BCUT2D eigenvalue weighted by Gasteiger charge is -2.45. The second-order valence-electron chi connectivity index (χ2n) is 7.44. The number of nitrogens with zero attached hydrogens (tertiary/aromatic N) is 3. The number of hydrogen-bond donors (Lipinski definition) is 0. The molecule has 2 bridgehead atoms. The third-order valence-electron chi connectivity index (χ3n) is 6.17. The Morgan fingerprint density at radius 1 is 1.12 bits per heavy atom. The molecule has 0 amide bonds. The van der Waals surface area contributed by atoms with E-state index in [0.717, 1.165) is 25.2 Å². The quantitative estimate of drug-likeness (QED) is 0.599. The Morgan fingerprint density at radius 3 is 2.58 bits per heavy atom. The van der Waals surface area contributed by atoms with Crippen molar-refractivity contribution in [2.24, 2.45) is 5.92 Å². The standard InChI is InChI=1S/C19H21N3O2/c1-22(24)16-5-3-2-4-14(16)18-17(22)8-11-21(19(18)23)15-12-20-9-6-13(15)7-10-20/h2-5,8,11,13,15H,6-7,9-10,12H2,1H3/t15?,22-/m0/s1. The minimum Gasteiger partial charge on any atom is -0.622 e. The van der Waals surface area contributed by atoms with Crippen LogP contribution in [0.5, 0.6) is 0 Å². The normalized spacial score (nSPS) is 33.3. The summed E-state index contributed by atoms with van der Waals surface area (Å²) in [5.41, 5.74) is 2.62. The van der Waals surface area contributed by atoms with Gasteiger partial charge in [0.1, 0.15) is 11.3 Å². The first kappa shape index (κ1) is 14.4. The number of pyridine rings is 1. The number of rotatable bonds is 1. The Labute approximate surface area is 140 Å². The van der Waals surface area contributed by atoms with E-state index in [9.17, 15) is 10.0 Å². The van der Waals surface area contributed by atoms with E-state index < -0.39 is 4.65 Å². The average Bonchev–Trinajstić information content (AvgIpc) is 2.85. The number of hydroxylamine groups is 1. The molecular weight excluding hydrogens is 302 g/mol. The molecule has 24 heavy (non-hydrogen) atoms. The molecule has 0 aliphatic carbocycles. The van der Waals surface area contributed by atoms with E-state index in [-0.39, 0.29) is 11.6 Å². The molecule has 5 heterocycles. The first-order valence-electron chi connectivity index (χ1n) is 8.73. The number of piperidine rings is 3. The van der Waals surface area contributed by atoms with Crippen LogP contribution in [-0.4, -0.2) is 36.1 Å². The van der Waals surface area contributed by atoms with Crippen molar-refractivity contribution in [1.82, 2.24) is 14.1 Å². The Bertz CT molecular complexity index is 878. The first-order chi connectivity index (χ1) is 11.6. The summed E-state index contributed by atoms with van der Waals surface area (Å²) in [5.74, 6) is 0.579. The van der Waals surface area contributed by atoms with Crippen molar-refractivity contribution in [3.8, 4) is 11.1 Å². The van der Waals surface area contributed by atoms with Crippen molar-refractivity contribution in [2.45, 2.75) is 18.9 Å². The van der Waals surface area contributed by atoms with Crippen LogP contribution in [0.2, 0.25) is 0 Å². The summed E-state index contributed by atoms with van der Waals surface area (Å²) in [5, 5.41) is 13.1. The summed E-state index contributed by atoms with van der Waals surface area (Å²) in [7, 11) is 1.61. The molecule has 0 radical (unpaired) electrons. The van der Waals surface area contributed by atoms with Gasteiger partial charge < -0.3 is 14.7 Å². The summed E-state index contributed by atoms with van der Waals surface area (Å²) in [6, 6.07) is 9.60. The number of aromatic nitrogens is 1. The van der Waals surface area contributed by atoms with E-state index in [0.29, 0.717) is 22.9 Å². The minimum atomic E-state index is -0.595. The maximum absolute atomic E-state index is 13.3. The van der Waals surface area contributed by atoms with Gasteiger partial charge in [0.05, 0.1) is 18.7 Å². The molecule has 124 valence electrons. The molecule has 2 atom stereocenters. The number of fused-ring (bicyclic) bond motifs is 6. The van der Waals surface area contributed by atoms with Crippen LogP contribution in [0.3, 0.4) is 0 Å². The third-order valence-corrected chi connectivity index (χ3v) is 6.17. The second-order valence-corrected chi connectivity index (χ2v) is 7.44. The molecular formula is C19H21N3O2. The van der Waals surface area contributed by atoms with Crippen LogP contribution >= 0.6 is 0 Å². The summed E-state index contributed by atoms with van der Waals surface area (Å²) in [6.07, 6.45) is 4.19. The first-order valence-corrected chi connectivity index (χ1v) is 8.73. The van der Waals surface area contributed by atoms with E-state index >= 15 is 0 Å². The van der Waals surface area contributed by atoms with Gasteiger partial charge in [-0.05, 0) is 37.9 Å². The van der Waals surface area contributed by atoms with Crippen LogP contribution in [0, 0.1) is 11.1 Å². The maximum atomic E-state index is 13.3. The van der Waals surface area contributed by atoms with Crippen LogP contribution in [0.4, 0.5) is 11.4 Å². The average molecular weight is 323 g/mol. The zero-order valence-electron chi connectivity index (χ0n) is 13.8. The lowest BCUT2D eigenvalue weighted by molar-refractivity contribution is 0.0555. The van der Waals surface area contributed by atoms with Gasteiger partial charge in [-0.25, -0.2) is 0 Å². The lowest BCUT2D eigenvalue weighted by Crippen LogP contribution is -2.50. The highest BCUT2D eigenvalue weighted by Crippen LogP contribution is 2.49. The Morgan fingerprint density at radius 2 is 1.88 bits per heavy atom. The molecule has 0 N–H and O–H groups in total. The molecule has 5 heteroatoms. The number of quaternary nitrogens is 1. The minimum absolute atomic E-state index is 0.00333. The van der Waals surface area contributed by atoms with E-state index in [4.69, 9.17) is 0 Å². The van der Waals surface area contributed by atoms with Gasteiger partial charge in [0, 0.05) is 24.9 Å². The van der Waals surface area contributed by atoms with Gasteiger partial charge in [-0.2, -0.15) is 0 Å². The van der Waals surface area contributed by atoms with Crippen molar-refractivity contribution in [2.75, 3.05) is 26.7 Å². The van der Waals surface area contributed by atoms with Crippen LogP contribution in [0.25, 0.3) is 11.1 Å². The van der Waals surface area contributed by atoms with Gasteiger partial charge in [0.25, 0.3) is 5.56 Å². The topological polar surface area (TPSA) is 48.3 Å². The smallest absolute Gasteiger partial charge is 0.265 e. The van der Waals surface area contributed by atoms with Crippen molar-refractivity contribution < 1.29 is 0 Å². The summed E-state index contributed by atoms with van der Waals surface area (Å²) in [4.78, 5) is 15.7. The van der Waals surface area contributed by atoms with Gasteiger partial charge in [0.15, 0.2) is 5.69 Å². The van der Waals surface area contributed by atoms with Crippen LogP contribution in [-0.2, 0) is 0 Å². The molecule has 5 nitrogen and oxygen atoms in total. The van der Waals surface area contributed by atoms with E-state index in [1.165, 1.54) is 12.8 Å². The zero-order chi connectivity index (χ0) is 16.5. The highest BCUT2D eigenvalue weighted by molar-refractivity contribution is 5.94. The van der Waals surface area contributed by atoms with Gasteiger partial charge in [-0.15, -0.1) is 0 Å². The van der Waals surface area contributed by atoms with Crippen molar-refractivity contribution in [1.29, 1.82) is 0 Å². The van der Waals surface area contributed by atoms with Crippen molar-refractivity contribution >= 4 is 11.4 Å². The maximum Gasteiger partial charge on any atom is 0.265 e. The molecule has 4 aliphatic rings. The number of benzene rings is 1. The lowest BCUT2D eigenvalue weighted by atomic mass is 9.83. The summed E-state index contributed by atoms with van der Waals surface area (Å²) < 4.78 is 1.30. The second kappa shape index (κ2) is 4.79. The van der Waals surface area contributed by atoms with E-state index in [1.54, 1.807) is 7.05 Å². The number of para-hydroxylation sites is 1. The van der Waals surface area contributed by atoms with E-state index in [1.807, 2.05) is 41.1 Å². The van der Waals surface area contributed by atoms with Crippen molar-refractivity contribution in [3.05, 3.63) is 52.1 Å². The molecule has 4 aliphatic heterocycles. The SMILES string of the molecule is C[N@+]1([O-])c2ccccc2-c2c1ccn(C1CN3CCC1CC3)c2=O. The third kappa shape index (κ3) is 1.77. The van der Waals surface area contributed by atoms with Crippen LogP contribution in [0.1, 0.15) is 18.9 Å².